The number of hydrogen-bond donors (Lipinski definition) is 0. The van der Waals surface area contributed by atoms with Gasteiger partial charge in [-0.3, -0.25) is 4.98 Å². The van der Waals surface area contributed by atoms with Crippen molar-refractivity contribution in [2.75, 3.05) is 7.11 Å². The molecule has 5 nitrogen and oxygen atoms in total. The molecule has 0 amide bonds. The zero-order chi connectivity index (χ0) is 10.7. The van der Waals surface area contributed by atoms with Crippen LogP contribution in [0.25, 0.3) is 11.5 Å². The summed E-state index contributed by atoms with van der Waals surface area (Å²) in [6, 6.07) is 3.49. The van der Waals surface area contributed by atoms with Crippen LogP contribution in [0, 0.1) is 0 Å². The van der Waals surface area contributed by atoms with Gasteiger partial charge >= 0.3 is 5.97 Å². The van der Waals surface area contributed by atoms with Gasteiger partial charge in [-0.25, -0.2) is 9.78 Å². The SMILES string of the molecule is COC(=O)c1coc(-c2ccncc2)n1. The summed E-state index contributed by atoms with van der Waals surface area (Å²) in [4.78, 5) is 19.0. The maximum atomic E-state index is 11.1. The molecule has 0 N–H and O–H groups in total. The second-order valence-electron chi connectivity index (χ2n) is 2.77. The molecule has 0 aliphatic carbocycles. The van der Waals surface area contributed by atoms with E-state index < -0.39 is 5.97 Å². The van der Waals surface area contributed by atoms with Gasteiger partial charge in [0.15, 0.2) is 5.69 Å². The average Bonchev–Trinajstić information content (AvgIpc) is 2.78. The maximum absolute atomic E-state index is 11.1. The minimum absolute atomic E-state index is 0.157. The number of esters is 1. The number of oxazole rings is 1. The molecule has 0 unspecified atom stereocenters. The molecule has 0 aromatic carbocycles. The highest BCUT2D eigenvalue weighted by molar-refractivity contribution is 5.87. The molecular formula is C10H8N2O3. The summed E-state index contributed by atoms with van der Waals surface area (Å²) in [5.74, 6) is -0.142. The zero-order valence-electron chi connectivity index (χ0n) is 8.01. The van der Waals surface area contributed by atoms with Gasteiger partial charge < -0.3 is 9.15 Å². The van der Waals surface area contributed by atoms with Gasteiger partial charge in [-0.2, -0.15) is 0 Å². The molecule has 0 atom stereocenters. The molecule has 2 aromatic rings. The van der Waals surface area contributed by atoms with Gasteiger partial charge in [0.2, 0.25) is 5.89 Å². The van der Waals surface area contributed by atoms with Crippen molar-refractivity contribution in [3.8, 4) is 11.5 Å². The number of hydrogen-bond acceptors (Lipinski definition) is 5. The highest BCUT2D eigenvalue weighted by atomic mass is 16.5. The molecule has 0 saturated carbocycles. The Labute approximate surface area is 85.7 Å². The highest BCUT2D eigenvalue weighted by Crippen LogP contribution is 2.17. The summed E-state index contributed by atoms with van der Waals surface area (Å²) < 4.78 is 9.65. The van der Waals surface area contributed by atoms with Gasteiger partial charge in [-0.1, -0.05) is 0 Å². The van der Waals surface area contributed by atoms with Crippen LogP contribution in [-0.4, -0.2) is 23.0 Å². The van der Waals surface area contributed by atoms with Crippen molar-refractivity contribution in [2.45, 2.75) is 0 Å². The Morgan fingerprint density at radius 1 is 1.40 bits per heavy atom. The molecular weight excluding hydrogens is 196 g/mol. The topological polar surface area (TPSA) is 65.2 Å². The largest absolute Gasteiger partial charge is 0.464 e. The quantitative estimate of drug-likeness (QED) is 0.694. The van der Waals surface area contributed by atoms with Crippen molar-refractivity contribution in [3.63, 3.8) is 0 Å². The van der Waals surface area contributed by atoms with Gasteiger partial charge in [0.25, 0.3) is 0 Å². The van der Waals surface area contributed by atoms with Crippen LogP contribution < -0.4 is 0 Å². The van der Waals surface area contributed by atoms with E-state index in [0.29, 0.717) is 5.89 Å². The predicted octanol–water partition coefficient (Wildman–Crippen LogP) is 1.52. The second-order valence-corrected chi connectivity index (χ2v) is 2.77. The third-order valence-electron chi connectivity index (χ3n) is 1.83. The van der Waals surface area contributed by atoms with Crippen LogP contribution in [0.4, 0.5) is 0 Å². The van der Waals surface area contributed by atoms with Crippen molar-refractivity contribution in [3.05, 3.63) is 36.5 Å². The molecule has 2 rings (SSSR count). The number of carbonyl (C=O) groups excluding carboxylic acids is 1. The molecule has 0 aliphatic heterocycles. The normalized spacial score (nSPS) is 9.93. The van der Waals surface area contributed by atoms with Crippen molar-refractivity contribution in [2.24, 2.45) is 0 Å². The minimum Gasteiger partial charge on any atom is -0.464 e. The van der Waals surface area contributed by atoms with Crippen LogP contribution in [0.5, 0.6) is 0 Å². The lowest BCUT2D eigenvalue weighted by atomic mass is 10.3. The van der Waals surface area contributed by atoms with E-state index in [0.717, 1.165) is 5.56 Å². The number of ether oxygens (including phenoxy) is 1. The molecule has 0 fully saturated rings. The predicted molar refractivity (Wildman–Crippen MR) is 51.1 cm³/mol. The van der Waals surface area contributed by atoms with Crippen LogP contribution in [0.3, 0.4) is 0 Å². The third-order valence-corrected chi connectivity index (χ3v) is 1.83. The smallest absolute Gasteiger partial charge is 0.360 e. The van der Waals surface area contributed by atoms with Crippen molar-refractivity contribution >= 4 is 5.97 Å². The summed E-state index contributed by atoms with van der Waals surface area (Å²) in [6.07, 6.45) is 4.51. The standard InChI is InChI=1S/C10H8N2O3/c1-14-10(13)8-6-15-9(12-8)7-2-4-11-5-3-7/h2-6H,1H3. The molecule has 15 heavy (non-hydrogen) atoms. The summed E-state index contributed by atoms with van der Waals surface area (Å²) in [5, 5.41) is 0. The first kappa shape index (κ1) is 9.39. The van der Waals surface area contributed by atoms with E-state index in [2.05, 4.69) is 14.7 Å². The van der Waals surface area contributed by atoms with Crippen molar-refractivity contribution in [1.82, 2.24) is 9.97 Å². The Morgan fingerprint density at radius 3 is 2.80 bits per heavy atom. The van der Waals surface area contributed by atoms with Gasteiger partial charge in [0.1, 0.15) is 6.26 Å². The number of methoxy groups -OCH3 is 1. The fourth-order valence-corrected chi connectivity index (χ4v) is 1.10. The average molecular weight is 204 g/mol. The number of pyridine rings is 1. The van der Waals surface area contributed by atoms with Crippen LogP contribution in [0.2, 0.25) is 0 Å². The van der Waals surface area contributed by atoms with E-state index >= 15 is 0 Å². The van der Waals surface area contributed by atoms with Crippen molar-refractivity contribution < 1.29 is 13.9 Å². The van der Waals surface area contributed by atoms with E-state index in [1.807, 2.05) is 0 Å². The minimum atomic E-state index is -0.515. The van der Waals surface area contributed by atoms with Gasteiger partial charge in [-0.15, -0.1) is 0 Å². The van der Waals surface area contributed by atoms with Crippen LogP contribution in [0.1, 0.15) is 10.5 Å². The number of aromatic nitrogens is 2. The monoisotopic (exact) mass is 204 g/mol. The Kier molecular flexibility index (Phi) is 2.45. The summed E-state index contributed by atoms with van der Waals surface area (Å²) in [6.45, 7) is 0. The zero-order valence-corrected chi connectivity index (χ0v) is 8.01. The second kappa shape index (κ2) is 3.91. The fraction of sp³-hybridized carbons (Fsp3) is 0.100. The lowest BCUT2D eigenvalue weighted by Crippen LogP contribution is -2.00. The molecule has 0 radical (unpaired) electrons. The molecule has 76 valence electrons. The Hall–Kier alpha value is -2.17. The fourth-order valence-electron chi connectivity index (χ4n) is 1.10. The van der Waals surface area contributed by atoms with Gasteiger partial charge in [-0.05, 0) is 12.1 Å². The van der Waals surface area contributed by atoms with Crippen LogP contribution in [-0.2, 0) is 4.74 Å². The molecule has 2 aromatic heterocycles. The van der Waals surface area contributed by atoms with Crippen molar-refractivity contribution in [1.29, 1.82) is 0 Å². The number of nitrogens with zero attached hydrogens (tertiary/aromatic N) is 2. The lowest BCUT2D eigenvalue weighted by molar-refractivity contribution is 0.0594. The van der Waals surface area contributed by atoms with E-state index in [1.54, 1.807) is 24.5 Å². The summed E-state index contributed by atoms with van der Waals surface area (Å²) in [5.41, 5.74) is 0.921. The van der Waals surface area contributed by atoms with Gasteiger partial charge in [0, 0.05) is 18.0 Å². The first-order chi connectivity index (χ1) is 7.31. The Balaban J connectivity index is 2.32. The Morgan fingerprint density at radius 2 is 2.13 bits per heavy atom. The number of carbonyl (C=O) groups is 1. The third kappa shape index (κ3) is 1.85. The highest BCUT2D eigenvalue weighted by Gasteiger charge is 2.12. The molecule has 2 heterocycles. The molecule has 0 spiro atoms. The molecule has 0 saturated heterocycles. The first-order valence-electron chi connectivity index (χ1n) is 4.25. The summed E-state index contributed by atoms with van der Waals surface area (Å²) >= 11 is 0. The summed E-state index contributed by atoms with van der Waals surface area (Å²) in [7, 11) is 1.29. The maximum Gasteiger partial charge on any atom is 0.360 e. The number of rotatable bonds is 2. The van der Waals surface area contributed by atoms with E-state index in [4.69, 9.17) is 4.42 Å². The molecule has 0 bridgehead atoms. The van der Waals surface area contributed by atoms with E-state index in [1.165, 1.54) is 13.4 Å². The lowest BCUT2D eigenvalue weighted by Gasteiger charge is -1.92. The van der Waals surface area contributed by atoms with E-state index in [9.17, 15) is 4.79 Å². The van der Waals surface area contributed by atoms with Crippen LogP contribution in [0.15, 0.2) is 35.2 Å². The van der Waals surface area contributed by atoms with Gasteiger partial charge in [0.05, 0.1) is 7.11 Å². The molecule has 0 aliphatic rings. The van der Waals surface area contributed by atoms with E-state index in [-0.39, 0.29) is 5.69 Å². The van der Waals surface area contributed by atoms with Crippen LogP contribution >= 0.6 is 0 Å². The Bertz CT molecular complexity index is 465. The molecule has 5 heteroatoms. The first-order valence-corrected chi connectivity index (χ1v) is 4.25.